The molecule has 0 unspecified atom stereocenters. The van der Waals surface area contributed by atoms with Gasteiger partial charge < -0.3 is 18.8 Å². The molecule has 218 valence electrons. The van der Waals surface area contributed by atoms with Gasteiger partial charge in [0.1, 0.15) is 24.7 Å². The zero-order chi connectivity index (χ0) is 28.8. The molecule has 6 rings (SSSR count). The Morgan fingerprint density at radius 2 is 1.78 bits per heavy atom. The van der Waals surface area contributed by atoms with Gasteiger partial charge in [0.2, 0.25) is 0 Å². The van der Waals surface area contributed by atoms with E-state index in [9.17, 15) is 0 Å². The highest BCUT2D eigenvalue weighted by Crippen LogP contribution is 2.46. The van der Waals surface area contributed by atoms with E-state index in [1.807, 2.05) is 6.07 Å². The quantitative estimate of drug-likeness (QED) is 0.271. The Labute approximate surface area is 246 Å². The van der Waals surface area contributed by atoms with Crippen molar-refractivity contribution in [2.24, 2.45) is 0 Å². The Morgan fingerprint density at radius 3 is 2.51 bits per heavy atom. The number of hydrogen-bond acceptors (Lipinski definition) is 6. The Morgan fingerprint density at radius 1 is 1.00 bits per heavy atom. The maximum absolute atomic E-state index is 7.05. The summed E-state index contributed by atoms with van der Waals surface area (Å²) in [6.07, 6.45) is 7.01. The van der Waals surface area contributed by atoms with E-state index in [4.69, 9.17) is 24.1 Å². The third-order valence-corrected chi connectivity index (χ3v) is 14.3. The zero-order valence-electron chi connectivity index (χ0n) is 25.6. The SMILES string of the molecule is Cc1c(-c2ccc3c(c2OCc2ccccc2)CC3)nnc2c1OCCN2[C@@H]1CCCC[C@H]1O[Si](C)(C)C(C)(C)C. The van der Waals surface area contributed by atoms with Crippen molar-refractivity contribution in [3.8, 4) is 22.8 Å². The number of hydrogen-bond donors (Lipinski definition) is 0. The van der Waals surface area contributed by atoms with Gasteiger partial charge in [0.15, 0.2) is 19.9 Å². The summed E-state index contributed by atoms with van der Waals surface area (Å²) in [5.41, 5.74) is 6.71. The molecule has 6 nitrogen and oxygen atoms in total. The summed E-state index contributed by atoms with van der Waals surface area (Å²) in [7, 11) is -1.90. The van der Waals surface area contributed by atoms with Crippen LogP contribution in [0.1, 0.15) is 68.7 Å². The largest absolute Gasteiger partial charge is 0.488 e. The van der Waals surface area contributed by atoms with Crippen LogP contribution in [0.2, 0.25) is 18.1 Å². The summed E-state index contributed by atoms with van der Waals surface area (Å²) in [6.45, 7) is 15.8. The van der Waals surface area contributed by atoms with Gasteiger partial charge in [-0.3, -0.25) is 0 Å². The van der Waals surface area contributed by atoms with Crippen LogP contribution in [-0.2, 0) is 23.9 Å². The third kappa shape index (κ3) is 5.39. The van der Waals surface area contributed by atoms with Gasteiger partial charge in [-0.05, 0) is 73.5 Å². The summed E-state index contributed by atoms with van der Waals surface area (Å²) in [4.78, 5) is 2.45. The van der Waals surface area contributed by atoms with Crippen molar-refractivity contribution >= 4 is 14.1 Å². The van der Waals surface area contributed by atoms with Crippen molar-refractivity contribution in [1.29, 1.82) is 0 Å². The molecule has 1 aromatic heterocycles. The minimum Gasteiger partial charge on any atom is -0.488 e. The fourth-order valence-corrected chi connectivity index (χ4v) is 7.64. The molecule has 2 aromatic carbocycles. The van der Waals surface area contributed by atoms with E-state index in [0.29, 0.717) is 19.3 Å². The third-order valence-electron chi connectivity index (χ3n) is 9.80. The number of fused-ring (bicyclic) bond motifs is 2. The molecule has 0 N–H and O–H groups in total. The highest BCUT2D eigenvalue weighted by Gasteiger charge is 2.43. The first-order chi connectivity index (χ1) is 19.6. The van der Waals surface area contributed by atoms with Gasteiger partial charge in [-0.2, -0.15) is 0 Å². The van der Waals surface area contributed by atoms with Gasteiger partial charge >= 0.3 is 0 Å². The first-order valence-corrected chi connectivity index (χ1v) is 18.3. The van der Waals surface area contributed by atoms with Crippen molar-refractivity contribution in [3.05, 3.63) is 64.7 Å². The van der Waals surface area contributed by atoms with Crippen molar-refractivity contribution in [3.63, 3.8) is 0 Å². The number of aromatic nitrogens is 2. The summed E-state index contributed by atoms with van der Waals surface area (Å²) in [5.74, 6) is 2.66. The molecule has 1 aliphatic heterocycles. The van der Waals surface area contributed by atoms with Crippen molar-refractivity contribution in [2.75, 3.05) is 18.1 Å². The fraction of sp³-hybridized carbons (Fsp3) is 0.529. The highest BCUT2D eigenvalue weighted by atomic mass is 28.4. The Bertz CT molecular complexity index is 1400. The molecule has 0 radical (unpaired) electrons. The molecule has 0 saturated heterocycles. The molecule has 0 bridgehead atoms. The van der Waals surface area contributed by atoms with E-state index in [2.05, 4.69) is 82.1 Å². The van der Waals surface area contributed by atoms with Crippen molar-refractivity contribution in [1.82, 2.24) is 10.2 Å². The van der Waals surface area contributed by atoms with Crippen molar-refractivity contribution in [2.45, 2.75) is 103 Å². The van der Waals surface area contributed by atoms with Crippen LogP contribution in [-0.4, -0.2) is 43.8 Å². The van der Waals surface area contributed by atoms with Gasteiger partial charge in [-0.15, -0.1) is 10.2 Å². The highest BCUT2D eigenvalue weighted by molar-refractivity contribution is 6.74. The van der Waals surface area contributed by atoms with Crippen LogP contribution >= 0.6 is 0 Å². The van der Waals surface area contributed by atoms with Gasteiger partial charge in [-0.1, -0.05) is 70.0 Å². The minimum atomic E-state index is -1.90. The molecule has 2 atom stereocenters. The second-order valence-corrected chi connectivity index (χ2v) is 18.2. The molecule has 1 saturated carbocycles. The number of ether oxygens (including phenoxy) is 2. The number of rotatable bonds is 7. The minimum absolute atomic E-state index is 0.181. The van der Waals surface area contributed by atoms with Gasteiger partial charge in [0.05, 0.1) is 18.7 Å². The molecule has 3 aromatic rings. The zero-order valence-corrected chi connectivity index (χ0v) is 26.6. The van der Waals surface area contributed by atoms with Crippen molar-refractivity contribution < 1.29 is 13.9 Å². The molecule has 2 aliphatic carbocycles. The average molecular weight is 572 g/mol. The smallest absolute Gasteiger partial charge is 0.194 e. The first kappa shape index (κ1) is 28.2. The number of benzene rings is 2. The van der Waals surface area contributed by atoms with Crippen LogP contribution in [0, 0.1) is 6.92 Å². The first-order valence-electron chi connectivity index (χ1n) is 15.4. The van der Waals surface area contributed by atoms with Gasteiger partial charge in [0, 0.05) is 11.1 Å². The monoisotopic (exact) mass is 571 g/mol. The Kier molecular flexibility index (Phi) is 7.62. The molecular formula is C34H45N3O3Si. The lowest BCUT2D eigenvalue weighted by Gasteiger charge is -2.47. The Balaban J connectivity index is 1.32. The lowest BCUT2D eigenvalue weighted by Crippen LogP contribution is -2.55. The summed E-state index contributed by atoms with van der Waals surface area (Å²) in [6, 6.07) is 15.0. The summed E-state index contributed by atoms with van der Waals surface area (Å²) in [5, 5.41) is 9.93. The van der Waals surface area contributed by atoms with E-state index in [1.165, 1.54) is 24.0 Å². The number of nitrogens with zero attached hydrogens (tertiary/aromatic N) is 3. The molecule has 0 spiro atoms. The van der Waals surface area contributed by atoms with Gasteiger partial charge in [-0.25, -0.2) is 0 Å². The van der Waals surface area contributed by atoms with Crippen LogP contribution in [0.4, 0.5) is 5.82 Å². The van der Waals surface area contributed by atoms with Crippen LogP contribution in [0.25, 0.3) is 11.3 Å². The standard InChI is InChI=1S/C34H45N3O3Si/c1-23-30(27-19-17-25-16-18-26(25)32(27)39-22-24-12-8-7-9-13-24)35-36-33-31(23)38-21-20-37(33)28-14-10-11-15-29(28)40-41(5,6)34(2,3)4/h7-9,12-13,17,19,28-29H,10-11,14-16,18,20-22H2,1-6H3/t28-,29-/m1/s1. The van der Waals surface area contributed by atoms with E-state index >= 15 is 0 Å². The summed E-state index contributed by atoms with van der Waals surface area (Å²) < 4.78 is 19.9. The van der Waals surface area contributed by atoms with Crippen LogP contribution in [0.15, 0.2) is 42.5 Å². The fourth-order valence-electron chi connectivity index (χ4n) is 6.25. The maximum atomic E-state index is 7.05. The second-order valence-electron chi connectivity index (χ2n) is 13.5. The molecule has 1 fully saturated rings. The molecule has 3 aliphatic rings. The lowest BCUT2D eigenvalue weighted by molar-refractivity contribution is 0.108. The van der Waals surface area contributed by atoms with Crippen LogP contribution in [0.3, 0.4) is 0 Å². The number of aryl methyl sites for hydroxylation is 1. The molecular weight excluding hydrogens is 526 g/mol. The average Bonchev–Trinajstić information content (AvgIpc) is 2.93. The predicted molar refractivity (Wildman–Crippen MR) is 168 cm³/mol. The lowest BCUT2D eigenvalue weighted by atomic mass is 9.85. The van der Waals surface area contributed by atoms with E-state index in [0.717, 1.165) is 71.9 Å². The molecule has 2 heterocycles. The molecule has 7 heteroatoms. The maximum Gasteiger partial charge on any atom is 0.194 e. The Hall–Kier alpha value is -2.90. The van der Waals surface area contributed by atoms with Crippen LogP contribution < -0.4 is 14.4 Å². The topological polar surface area (TPSA) is 56.7 Å². The van der Waals surface area contributed by atoms with E-state index in [1.54, 1.807) is 0 Å². The van der Waals surface area contributed by atoms with E-state index in [-0.39, 0.29) is 11.1 Å². The second kappa shape index (κ2) is 11.1. The number of anilines is 1. The van der Waals surface area contributed by atoms with Gasteiger partial charge in [0.25, 0.3) is 0 Å². The molecule has 41 heavy (non-hydrogen) atoms. The van der Waals surface area contributed by atoms with E-state index < -0.39 is 8.32 Å². The summed E-state index contributed by atoms with van der Waals surface area (Å²) >= 11 is 0. The van der Waals surface area contributed by atoms with Crippen LogP contribution in [0.5, 0.6) is 11.5 Å². The molecule has 0 amide bonds. The normalized spacial score (nSPS) is 20.5. The predicted octanol–water partition coefficient (Wildman–Crippen LogP) is 7.66.